The van der Waals surface area contributed by atoms with Crippen LogP contribution in [-0.2, 0) is 0 Å². The quantitative estimate of drug-likeness (QED) is 0.193. The SMILES string of the molecule is c1ccc(-c2nc(-c3cccc4c3sc3ccccc34)nc(-c3ncc(-c4ccc5ccccc5c4)c4oc5ccccc5c34)n2)cc1. The minimum Gasteiger partial charge on any atom is -0.455 e. The van der Waals surface area contributed by atoms with Gasteiger partial charge in [-0.15, -0.1) is 11.3 Å². The summed E-state index contributed by atoms with van der Waals surface area (Å²) < 4.78 is 9.00. The van der Waals surface area contributed by atoms with E-state index in [-0.39, 0.29) is 0 Å². The topological polar surface area (TPSA) is 64.7 Å². The summed E-state index contributed by atoms with van der Waals surface area (Å²) in [5.74, 6) is 1.70. The zero-order chi connectivity index (χ0) is 31.6. The van der Waals surface area contributed by atoms with Crippen molar-refractivity contribution in [2.45, 2.75) is 0 Å². The van der Waals surface area contributed by atoms with E-state index in [0.29, 0.717) is 23.2 Å². The normalized spacial score (nSPS) is 11.8. The number of furan rings is 1. The fourth-order valence-corrected chi connectivity index (χ4v) is 7.91. The zero-order valence-electron chi connectivity index (χ0n) is 25.5. The Balaban J connectivity index is 1.25. The van der Waals surface area contributed by atoms with Crippen LogP contribution in [0.3, 0.4) is 0 Å². The number of hydrogen-bond acceptors (Lipinski definition) is 6. The second kappa shape index (κ2) is 10.7. The summed E-state index contributed by atoms with van der Waals surface area (Å²) in [7, 11) is 0. The van der Waals surface area contributed by atoms with Crippen LogP contribution in [0.4, 0.5) is 0 Å². The van der Waals surface area contributed by atoms with Crippen LogP contribution in [0.1, 0.15) is 0 Å². The summed E-state index contributed by atoms with van der Waals surface area (Å²) in [5, 5.41) is 6.62. The summed E-state index contributed by atoms with van der Waals surface area (Å²) in [4.78, 5) is 20.4. The van der Waals surface area contributed by atoms with E-state index in [1.165, 1.54) is 20.9 Å². The molecule has 0 N–H and O–H groups in total. The highest BCUT2D eigenvalue weighted by Gasteiger charge is 2.23. The van der Waals surface area contributed by atoms with Crippen LogP contribution in [0.5, 0.6) is 0 Å². The smallest absolute Gasteiger partial charge is 0.183 e. The van der Waals surface area contributed by atoms with Crippen LogP contribution in [0.15, 0.2) is 150 Å². The first-order valence-corrected chi connectivity index (χ1v) is 16.6. The van der Waals surface area contributed by atoms with Crippen molar-refractivity contribution >= 4 is 64.2 Å². The molecule has 0 amide bonds. The van der Waals surface area contributed by atoms with E-state index in [1.807, 2.05) is 54.7 Å². The number of pyridine rings is 1. The molecule has 0 saturated heterocycles. The maximum Gasteiger partial charge on any atom is 0.183 e. The van der Waals surface area contributed by atoms with Crippen molar-refractivity contribution in [1.29, 1.82) is 0 Å². The molecule has 6 heteroatoms. The van der Waals surface area contributed by atoms with Crippen LogP contribution < -0.4 is 0 Å². The van der Waals surface area contributed by atoms with E-state index in [4.69, 9.17) is 24.4 Å². The molecular formula is C42H24N4OS. The van der Waals surface area contributed by atoms with Gasteiger partial charge in [0.25, 0.3) is 0 Å². The van der Waals surface area contributed by atoms with Gasteiger partial charge in [-0.1, -0.05) is 115 Å². The van der Waals surface area contributed by atoms with Crippen molar-refractivity contribution in [2.24, 2.45) is 0 Å². The number of fused-ring (bicyclic) bond motifs is 7. The van der Waals surface area contributed by atoms with Crippen LogP contribution in [0.25, 0.3) is 98.3 Å². The molecule has 5 nitrogen and oxygen atoms in total. The first-order valence-electron chi connectivity index (χ1n) is 15.8. The van der Waals surface area contributed by atoms with Crippen LogP contribution in [0, 0.1) is 0 Å². The molecule has 0 saturated carbocycles. The van der Waals surface area contributed by atoms with E-state index in [0.717, 1.165) is 54.3 Å². The van der Waals surface area contributed by atoms with Crippen molar-refractivity contribution in [3.05, 3.63) is 146 Å². The van der Waals surface area contributed by atoms with Gasteiger partial charge in [0, 0.05) is 48.4 Å². The molecule has 0 aliphatic rings. The van der Waals surface area contributed by atoms with E-state index in [1.54, 1.807) is 11.3 Å². The number of rotatable bonds is 4. The van der Waals surface area contributed by atoms with E-state index >= 15 is 0 Å². The molecular weight excluding hydrogens is 609 g/mol. The lowest BCUT2D eigenvalue weighted by atomic mass is 10.00. The monoisotopic (exact) mass is 632 g/mol. The molecule has 0 unspecified atom stereocenters. The van der Waals surface area contributed by atoms with Gasteiger partial charge in [-0.05, 0) is 40.6 Å². The van der Waals surface area contributed by atoms with Gasteiger partial charge in [0.15, 0.2) is 17.5 Å². The molecule has 6 aromatic carbocycles. The molecule has 4 heterocycles. The first kappa shape index (κ1) is 26.9. The van der Waals surface area contributed by atoms with E-state index in [9.17, 15) is 0 Å². The van der Waals surface area contributed by atoms with Gasteiger partial charge < -0.3 is 4.42 Å². The van der Waals surface area contributed by atoms with E-state index < -0.39 is 0 Å². The third-order valence-electron chi connectivity index (χ3n) is 8.98. The highest BCUT2D eigenvalue weighted by atomic mass is 32.1. The Labute approximate surface area is 278 Å². The maximum atomic E-state index is 6.62. The molecule has 0 atom stereocenters. The van der Waals surface area contributed by atoms with Gasteiger partial charge in [-0.3, -0.25) is 4.98 Å². The molecule has 0 bridgehead atoms. The van der Waals surface area contributed by atoms with E-state index in [2.05, 4.69) is 91.0 Å². The number of thiophene rings is 1. The summed E-state index contributed by atoms with van der Waals surface area (Å²) in [5.41, 5.74) is 6.03. The highest BCUT2D eigenvalue weighted by molar-refractivity contribution is 7.26. The summed E-state index contributed by atoms with van der Waals surface area (Å²) in [6.07, 6.45) is 1.89. The highest BCUT2D eigenvalue weighted by Crippen LogP contribution is 2.42. The lowest BCUT2D eigenvalue weighted by Crippen LogP contribution is -2.02. The van der Waals surface area contributed by atoms with Crippen molar-refractivity contribution in [2.75, 3.05) is 0 Å². The first-order chi connectivity index (χ1) is 23.8. The lowest BCUT2D eigenvalue weighted by Gasteiger charge is -2.11. The summed E-state index contributed by atoms with van der Waals surface area (Å²) in [6.45, 7) is 0. The largest absolute Gasteiger partial charge is 0.455 e. The third-order valence-corrected chi connectivity index (χ3v) is 10.2. The Morgan fingerprint density at radius 3 is 2.15 bits per heavy atom. The Kier molecular flexibility index (Phi) is 5.98. The van der Waals surface area contributed by atoms with Gasteiger partial charge in [0.1, 0.15) is 16.9 Å². The summed E-state index contributed by atoms with van der Waals surface area (Å²) >= 11 is 1.76. The van der Waals surface area contributed by atoms with Gasteiger partial charge in [0.05, 0.1) is 5.39 Å². The predicted molar refractivity (Wildman–Crippen MR) is 197 cm³/mol. The molecule has 0 aliphatic heterocycles. The minimum atomic E-state index is 0.499. The number of nitrogens with zero attached hydrogens (tertiary/aromatic N) is 4. The second-order valence-corrected chi connectivity index (χ2v) is 12.9. The molecule has 0 fully saturated rings. The Morgan fingerprint density at radius 2 is 1.23 bits per heavy atom. The van der Waals surface area contributed by atoms with Crippen molar-refractivity contribution < 1.29 is 4.42 Å². The lowest BCUT2D eigenvalue weighted by molar-refractivity contribution is 0.669. The Morgan fingerprint density at radius 1 is 0.500 bits per heavy atom. The molecule has 4 aromatic heterocycles. The van der Waals surface area contributed by atoms with Gasteiger partial charge in [0.2, 0.25) is 0 Å². The average molecular weight is 633 g/mol. The van der Waals surface area contributed by atoms with Crippen molar-refractivity contribution in [1.82, 2.24) is 19.9 Å². The maximum absolute atomic E-state index is 6.62. The Hall–Kier alpha value is -6.24. The molecule has 48 heavy (non-hydrogen) atoms. The molecule has 0 radical (unpaired) electrons. The van der Waals surface area contributed by atoms with Crippen LogP contribution >= 0.6 is 11.3 Å². The Bertz CT molecular complexity index is 2860. The minimum absolute atomic E-state index is 0.499. The second-order valence-electron chi connectivity index (χ2n) is 11.8. The van der Waals surface area contributed by atoms with Crippen LogP contribution in [0.2, 0.25) is 0 Å². The fourth-order valence-electron chi connectivity index (χ4n) is 6.70. The molecule has 0 aliphatic carbocycles. The van der Waals surface area contributed by atoms with Crippen molar-refractivity contribution in [3.8, 4) is 45.4 Å². The van der Waals surface area contributed by atoms with Crippen LogP contribution in [-0.4, -0.2) is 19.9 Å². The summed E-state index contributed by atoms with van der Waals surface area (Å²) in [6, 6.07) is 47.9. The predicted octanol–water partition coefficient (Wildman–Crippen LogP) is 11.4. The average Bonchev–Trinajstić information content (AvgIpc) is 3.74. The molecule has 10 aromatic rings. The molecule has 224 valence electrons. The number of benzene rings is 6. The number of aromatic nitrogens is 4. The molecule has 10 rings (SSSR count). The standard InChI is InChI=1S/C42H24N4OS/c1-2-12-26(13-3-1)40-44-41(32-18-10-17-30-29-15-7-9-20-35(29)48-39(30)32)46-42(45-40)37-36-31-16-6-8-19-34(31)47-38(36)33(24-43-37)28-22-21-25-11-4-5-14-27(25)23-28/h1-24H. The van der Waals surface area contributed by atoms with Gasteiger partial charge in [-0.25, -0.2) is 15.0 Å². The fraction of sp³-hybridized carbons (Fsp3) is 0. The third kappa shape index (κ3) is 4.24. The number of hydrogen-bond donors (Lipinski definition) is 0. The van der Waals surface area contributed by atoms with Gasteiger partial charge >= 0.3 is 0 Å². The van der Waals surface area contributed by atoms with Crippen molar-refractivity contribution in [3.63, 3.8) is 0 Å². The van der Waals surface area contributed by atoms with Gasteiger partial charge in [-0.2, -0.15) is 0 Å². The molecule has 0 spiro atoms. The zero-order valence-corrected chi connectivity index (χ0v) is 26.3. The number of para-hydroxylation sites is 1.